The molecule has 2 unspecified atom stereocenters. The fourth-order valence-electron chi connectivity index (χ4n) is 4.31. The largest absolute Gasteiger partial charge is 0.480 e. The summed E-state index contributed by atoms with van der Waals surface area (Å²) >= 11 is 1.57. The molecule has 3 aliphatic rings. The Kier molecular flexibility index (Phi) is 4.63. The number of amides is 2. The highest BCUT2D eigenvalue weighted by atomic mass is 32.2. The average molecular weight is 389 g/mol. The second kappa shape index (κ2) is 6.83. The molecular formula is C19H23N3O4S. The number of hydrogen-bond acceptors (Lipinski definition) is 5. The standard InChI is InChI=1S/C19H23N3O4S/c1-21-9-7-19(8-10-21)15(18(25)26)22-16(24)14(17(22)27-19)20-13(23)11-12-5-3-2-4-6-12/h2-6,14-15,17H,7-11H2,1H3,(H,20,23)(H,25,26)/t14?,15?,17-/m0/s1. The number of carbonyl (C=O) groups excluding carboxylic acids is 2. The Morgan fingerprint density at radius 2 is 1.93 bits per heavy atom. The van der Waals surface area contributed by atoms with E-state index in [0.717, 1.165) is 31.5 Å². The Hall–Kier alpha value is -2.06. The summed E-state index contributed by atoms with van der Waals surface area (Å²) in [6.07, 6.45) is 1.67. The molecule has 27 heavy (non-hydrogen) atoms. The molecule has 1 aromatic carbocycles. The molecule has 3 saturated heterocycles. The first-order valence-corrected chi connectivity index (χ1v) is 10.0. The van der Waals surface area contributed by atoms with Crippen molar-refractivity contribution < 1.29 is 19.5 Å². The first kappa shape index (κ1) is 18.3. The predicted octanol–water partition coefficient (Wildman–Crippen LogP) is 0.547. The zero-order valence-electron chi connectivity index (χ0n) is 15.1. The van der Waals surface area contributed by atoms with Gasteiger partial charge in [-0.1, -0.05) is 30.3 Å². The quantitative estimate of drug-likeness (QED) is 0.731. The van der Waals surface area contributed by atoms with Gasteiger partial charge in [0.2, 0.25) is 11.8 Å². The molecule has 0 radical (unpaired) electrons. The van der Waals surface area contributed by atoms with Gasteiger partial charge in [-0.05, 0) is 38.5 Å². The second-order valence-electron chi connectivity index (χ2n) is 7.57. The highest BCUT2D eigenvalue weighted by Gasteiger charge is 2.67. The highest BCUT2D eigenvalue weighted by Crippen LogP contribution is 2.55. The number of rotatable bonds is 4. The number of β-lactam (4-membered cyclic amide) rings is 1. The normalized spacial score (nSPS) is 29.3. The van der Waals surface area contributed by atoms with Crippen LogP contribution in [0.15, 0.2) is 30.3 Å². The minimum Gasteiger partial charge on any atom is -0.480 e. The van der Waals surface area contributed by atoms with Crippen LogP contribution >= 0.6 is 11.8 Å². The van der Waals surface area contributed by atoms with Crippen LogP contribution in [0.1, 0.15) is 18.4 Å². The third kappa shape index (κ3) is 3.10. The maximum Gasteiger partial charge on any atom is 0.327 e. The molecule has 2 amide bonds. The van der Waals surface area contributed by atoms with Crippen molar-refractivity contribution in [3.63, 3.8) is 0 Å². The minimum absolute atomic E-state index is 0.209. The van der Waals surface area contributed by atoms with E-state index in [0.29, 0.717) is 0 Å². The molecule has 4 rings (SSSR count). The number of benzene rings is 1. The number of carboxylic acids is 1. The van der Waals surface area contributed by atoms with Crippen LogP contribution < -0.4 is 5.32 Å². The van der Waals surface area contributed by atoms with Gasteiger partial charge in [0.1, 0.15) is 17.5 Å². The number of carboxylic acid groups (broad SMARTS) is 1. The first-order valence-electron chi connectivity index (χ1n) is 9.16. The molecular weight excluding hydrogens is 366 g/mol. The Morgan fingerprint density at radius 3 is 2.56 bits per heavy atom. The van der Waals surface area contributed by atoms with E-state index in [-0.39, 0.29) is 23.6 Å². The number of likely N-dealkylation sites (tertiary alicyclic amines) is 1. The van der Waals surface area contributed by atoms with E-state index in [2.05, 4.69) is 10.2 Å². The summed E-state index contributed by atoms with van der Waals surface area (Å²) in [5.74, 6) is -1.44. The van der Waals surface area contributed by atoms with Crippen LogP contribution in [0, 0.1) is 0 Å². The molecule has 3 fully saturated rings. The third-order valence-corrected chi connectivity index (χ3v) is 7.64. The Bertz CT molecular complexity index is 763. The van der Waals surface area contributed by atoms with Crippen molar-refractivity contribution >= 4 is 29.5 Å². The van der Waals surface area contributed by atoms with Crippen molar-refractivity contribution in [1.29, 1.82) is 0 Å². The van der Waals surface area contributed by atoms with Gasteiger partial charge in [-0.3, -0.25) is 9.59 Å². The first-order chi connectivity index (χ1) is 12.9. The van der Waals surface area contributed by atoms with Crippen molar-refractivity contribution in [3.05, 3.63) is 35.9 Å². The molecule has 8 heteroatoms. The molecule has 3 atom stereocenters. The van der Waals surface area contributed by atoms with Gasteiger partial charge in [-0.2, -0.15) is 0 Å². The fourth-order valence-corrected chi connectivity index (χ4v) is 6.22. The van der Waals surface area contributed by atoms with E-state index in [1.807, 2.05) is 37.4 Å². The van der Waals surface area contributed by atoms with E-state index < -0.39 is 22.8 Å². The van der Waals surface area contributed by atoms with Gasteiger partial charge < -0.3 is 20.2 Å². The van der Waals surface area contributed by atoms with Crippen LogP contribution in [0.5, 0.6) is 0 Å². The number of carbonyl (C=O) groups is 3. The lowest BCUT2D eigenvalue weighted by Gasteiger charge is -2.44. The van der Waals surface area contributed by atoms with E-state index in [1.54, 1.807) is 11.8 Å². The van der Waals surface area contributed by atoms with Gasteiger partial charge in [0.25, 0.3) is 0 Å². The summed E-state index contributed by atoms with van der Waals surface area (Å²) < 4.78 is -0.461. The maximum absolute atomic E-state index is 12.7. The van der Waals surface area contributed by atoms with Crippen LogP contribution in [0.3, 0.4) is 0 Å². The monoisotopic (exact) mass is 389 g/mol. The average Bonchev–Trinajstić information content (AvgIpc) is 2.95. The van der Waals surface area contributed by atoms with E-state index in [9.17, 15) is 19.5 Å². The van der Waals surface area contributed by atoms with Gasteiger partial charge >= 0.3 is 5.97 Å². The number of piperidine rings is 1. The van der Waals surface area contributed by atoms with Gasteiger partial charge in [0.05, 0.1) is 11.2 Å². The van der Waals surface area contributed by atoms with Crippen molar-refractivity contribution in [2.45, 2.75) is 41.5 Å². The zero-order chi connectivity index (χ0) is 19.2. The fraction of sp³-hybridized carbons (Fsp3) is 0.526. The molecule has 144 valence electrons. The topological polar surface area (TPSA) is 90.0 Å². The zero-order valence-corrected chi connectivity index (χ0v) is 15.9. The number of hydrogen-bond donors (Lipinski definition) is 2. The molecule has 3 heterocycles. The molecule has 2 N–H and O–H groups in total. The van der Waals surface area contributed by atoms with Crippen LogP contribution in [0.4, 0.5) is 0 Å². The van der Waals surface area contributed by atoms with Gasteiger partial charge in [-0.25, -0.2) is 4.79 Å². The van der Waals surface area contributed by atoms with Crippen LogP contribution in [0.25, 0.3) is 0 Å². The van der Waals surface area contributed by atoms with Gasteiger partial charge in [-0.15, -0.1) is 11.8 Å². The second-order valence-corrected chi connectivity index (χ2v) is 9.10. The van der Waals surface area contributed by atoms with Crippen molar-refractivity contribution in [3.8, 4) is 0 Å². The number of nitrogens with one attached hydrogen (secondary N) is 1. The van der Waals surface area contributed by atoms with Crippen molar-refractivity contribution in [2.75, 3.05) is 20.1 Å². The predicted molar refractivity (Wildman–Crippen MR) is 101 cm³/mol. The van der Waals surface area contributed by atoms with E-state index in [1.165, 1.54) is 4.90 Å². The lowest BCUT2D eigenvalue weighted by atomic mass is 9.85. The third-order valence-electron chi connectivity index (χ3n) is 5.80. The van der Waals surface area contributed by atoms with Crippen LogP contribution in [-0.4, -0.2) is 75.0 Å². The molecule has 0 saturated carbocycles. The van der Waals surface area contributed by atoms with Crippen molar-refractivity contribution in [1.82, 2.24) is 15.1 Å². The Morgan fingerprint density at radius 1 is 1.26 bits per heavy atom. The SMILES string of the molecule is CN1CCC2(CC1)S[C@H]1C(NC(=O)Cc3ccccc3)C(=O)N1C2C(=O)O. The van der Waals surface area contributed by atoms with Crippen LogP contribution in [-0.2, 0) is 20.8 Å². The summed E-state index contributed by atoms with van der Waals surface area (Å²) in [7, 11) is 2.02. The molecule has 3 aliphatic heterocycles. The minimum atomic E-state index is -0.947. The maximum atomic E-state index is 12.7. The highest BCUT2D eigenvalue weighted by molar-refractivity contribution is 8.01. The van der Waals surface area contributed by atoms with Gasteiger partial charge in [0, 0.05) is 0 Å². The molecule has 1 aromatic rings. The Balaban J connectivity index is 1.47. The molecule has 7 nitrogen and oxygen atoms in total. The van der Waals surface area contributed by atoms with Crippen LogP contribution in [0.2, 0.25) is 0 Å². The number of nitrogens with zero attached hydrogens (tertiary/aromatic N) is 2. The summed E-state index contributed by atoms with van der Waals surface area (Å²) in [6, 6.07) is 7.92. The smallest absolute Gasteiger partial charge is 0.327 e. The molecule has 0 aliphatic carbocycles. The summed E-state index contributed by atoms with van der Waals surface area (Å²) in [5, 5.41) is 12.3. The van der Waals surface area contributed by atoms with E-state index >= 15 is 0 Å². The Labute approximate surface area is 162 Å². The number of fused-ring (bicyclic) bond motifs is 1. The lowest BCUT2D eigenvalue weighted by Crippen LogP contribution is -2.71. The van der Waals surface area contributed by atoms with Crippen molar-refractivity contribution in [2.24, 2.45) is 0 Å². The molecule has 0 bridgehead atoms. The summed E-state index contributed by atoms with van der Waals surface area (Å²) in [5.41, 5.74) is 0.882. The lowest BCUT2D eigenvalue weighted by molar-refractivity contribution is -0.161. The summed E-state index contributed by atoms with van der Waals surface area (Å²) in [4.78, 5) is 40.6. The molecule has 1 spiro atoms. The van der Waals surface area contributed by atoms with Gasteiger partial charge in [0.15, 0.2) is 0 Å². The number of thioether (sulfide) groups is 1. The van der Waals surface area contributed by atoms with E-state index in [4.69, 9.17) is 0 Å². The summed E-state index contributed by atoms with van der Waals surface area (Å²) in [6.45, 7) is 1.63. The number of aliphatic carboxylic acids is 1. The molecule has 0 aromatic heterocycles.